The Hall–Kier alpha value is -6.30. The van der Waals surface area contributed by atoms with E-state index in [0.29, 0.717) is 22.9 Å². The van der Waals surface area contributed by atoms with E-state index >= 15 is 0 Å². The highest BCUT2D eigenvalue weighted by molar-refractivity contribution is 6.04. The van der Waals surface area contributed by atoms with Crippen molar-refractivity contribution < 1.29 is 48.0 Å². The summed E-state index contributed by atoms with van der Waals surface area (Å²) >= 11 is 0. The number of furan rings is 1. The molecule has 0 saturated carbocycles. The number of nitrogens with one attached hydrogen (secondary N) is 1. The third kappa shape index (κ3) is 10.2. The van der Waals surface area contributed by atoms with E-state index in [-0.39, 0.29) is 25.5 Å². The number of rotatable bonds is 14. The van der Waals surface area contributed by atoms with E-state index in [1.54, 1.807) is 88.4 Å². The molecule has 2 amide bonds. The summed E-state index contributed by atoms with van der Waals surface area (Å²) in [5, 5.41) is 23.8. The average Bonchev–Trinajstić information content (AvgIpc) is 3.80. The number of carboxylic acids is 1. The first-order valence-electron chi connectivity index (χ1n) is 17.0. The number of aliphatic hydroxyl groups excluding tert-OH is 1. The number of ether oxygens (including phenoxy) is 3. The molecule has 12 heteroatoms. The fraction of sp³-hybridized carbons (Fsp3) is 0.268. The van der Waals surface area contributed by atoms with E-state index in [1.165, 1.54) is 4.90 Å². The van der Waals surface area contributed by atoms with Gasteiger partial charge in [-0.25, -0.2) is 4.79 Å². The molecular formula is C41H42N2O10. The summed E-state index contributed by atoms with van der Waals surface area (Å²) in [4.78, 5) is 53.7. The van der Waals surface area contributed by atoms with E-state index in [1.807, 2.05) is 42.5 Å². The molecule has 1 aliphatic rings. The van der Waals surface area contributed by atoms with Gasteiger partial charge in [-0.3, -0.25) is 14.4 Å². The molecule has 0 bridgehead atoms. The number of carbonyl (C=O) groups excluding carboxylic acids is 3. The molecular weight excluding hydrogens is 680 g/mol. The van der Waals surface area contributed by atoms with Crippen LogP contribution in [0.1, 0.15) is 67.5 Å². The van der Waals surface area contributed by atoms with Crippen LogP contribution in [0.25, 0.3) is 6.08 Å². The normalized spacial score (nSPS) is 13.9. The molecule has 2 atom stereocenters. The zero-order valence-electron chi connectivity index (χ0n) is 29.9. The number of hydrogen-bond donors (Lipinski definition) is 3. The van der Waals surface area contributed by atoms with Crippen LogP contribution in [0.5, 0.6) is 11.5 Å². The Morgan fingerprint density at radius 2 is 1.58 bits per heavy atom. The van der Waals surface area contributed by atoms with Crippen LogP contribution in [0, 0.1) is 0 Å². The Labute approximate surface area is 307 Å². The maximum Gasteiger partial charge on any atom is 0.339 e. The second-order valence-corrected chi connectivity index (χ2v) is 13.4. The number of benzene rings is 3. The minimum absolute atomic E-state index is 0.0433. The molecule has 53 heavy (non-hydrogen) atoms. The summed E-state index contributed by atoms with van der Waals surface area (Å²) in [6.45, 7) is 6.54. The van der Waals surface area contributed by atoms with Crippen molar-refractivity contribution in [3.63, 3.8) is 0 Å². The Kier molecular flexibility index (Phi) is 12.0. The Morgan fingerprint density at radius 3 is 2.26 bits per heavy atom. The van der Waals surface area contributed by atoms with Gasteiger partial charge < -0.3 is 39.1 Å². The molecule has 3 aromatic carbocycles. The van der Waals surface area contributed by atoms with Crippen molar-refractivity contribution in [3.05, 3.63) is 131 Å². The minimum Gasteiger partial charge on any atom is -0.503 e. The molecule has 1 aliphatic heterocycles. The van der Waals surface area contributed by atoms with Gasteiger partial charge in [-0.15, -0.1) is 0 Å². The lowest BCUT2D eigenvalue weighted by molar-refractivity contribution is -0.152. The Bertz CT molecular complexity index is 1990. The summed E-state index contributed by atoms with van der Waals surface area (Å²) < 4.78 is 22.6. The van der Waals surface area contributed by atoms with Crippen LogP contribution in [0.3, 0.4) is 0 Å². The standard InChI is InChI=1S/C41H42N2O10/c1-26(43(21-11-14-27-12-7-5-8-13-27)39(48)37(46)32(24-36(44)45)40(49)53-41(2,3)4)31(28-17-19-33-35(22-28)51-25-50-33)23-30-18-20-34(52-30)38(47)42-29-15-9-6-10-16-29/h5-20,22,26,31,46H,21,23-25H2,1-4H3,(H,42,47)(H,44,45)/t26-,31+/m1/s1. The van der Waals surface area contributed by atoms with Gasteiger partial charge in [0, 0.05) is 30.6 Å². The SMILES string of the molecule is C[C@H]([C@H](Cc1ccc(C(=O)Nc2ccccc2)o1)c1ccc2c(c1)OCO2)N(CC=Cc1ccccc1)C(=O)C(O)=C(CC(=O)O)C(=O)OC(C)(C)C. The summed E-state index contributed by atoms with van der Waals surface area (Å²) in [6.07, 6.45) is 2.78. The maximum atomic E-state index is 14.3. The third-order valence-corrected chi connectivity index (χ3v) is 8.37. The smallest absolute Gasteiger partial charge is 0.339 e. The first kappa shape index (κ1) is 37.9. The van der Waals surface area contributed by atoms with Gasteiger partial charge in [-0.1, -0.05) is 66.7 Å². The Balaban J connectivity index is 1.53. The minimum atomic E-state index is -1.43. The molecule has 2 heterocycles. The predicted molar refractivity (Wildman–Crippen MR) is 197 cm³/mol. The zero-order valence-corrected chi connectivity index (χ0v) is 29.9. The van der Waals surface area contributed by atoms with Crippen molar-refractivity contribution in [2.24, 2.45) is 0 Å². The fourth-order valence-electron chi connectivity index (χ4n) is 5.78. The molecule has 1 aromatic heterocycles. The van der Waals surface area contributed by atoms with Crippen molar-refractivity contribution in [1.82, 2.24) is 4.90 Å². The van der Waals surface area contributed by atoms with Crippen molar-refractivity contribution in [3.8, 4) is 11.5 Å². The van der Waals surface area contributed by atoms with E-state index in [2.05, 4.69) is 5.32 Å². The second-order valence-electron chi connectivity index (χ2n) is 13.4. The van der Waals surface area contributed by atoms with Crippen LogP contribution in [0.2, 0.25) is 0 Å². The van der Waals surface area contributed by atoms with Gasteiger partial charge in [-0.05, 0) is 75.2 Å². The van der Waals surface area contributed by atoms with E-state index in [9.17, 15) is 29.4 Å². The van der Waals surface area contributed by atoms with Crippen LogP contribution in [-0.2, 0) is 25.5 Å². The number of para-hydroxylation sites is 1. The molecule has 0 unspecified atom stereocenters. The topological polar surface area (TPSA) is 165 Å². The highest BCUT2D eigenvalue weighted by Crippen LogP contribution is 2.38. The van der Waals surface area contributed by atoms with Crippen LogP contribution in [0.15, 0.2) is 113 Å². The molecule has 0 aliphatic carbocycles. The monoisotopic (exact) mass is 722 g/mol. The van der Waals surface area contributed by atoms with Crippen LogP contribution in [0.4, 0.5) is 5.69 Å². The molecule has 0 fully saturated rings. The second kappa shape index (κ2) is 16.8. The lowest BCUT2D eigenvalue weighted by atomic mass is 9.87. The number of carboxylic acid groups (broad SMARTS) is 1. The highest BCUT2D eigenvalue weighted by Gasteiger charge is 2.35. The molecule has 4 aromatic rings. The predicted octanol–water partition coefficient (Wildman–Crippen LogP) is 7.15. The number of carbonyl (C=O) groups is 4. The average molecular weight is 723 g/mol. The number of fused-ring (bicyclic) bond motifs is 1. The lowest BCUT2D eigenvalue weighted by Gasteiger charge is -2.34. The van der Waals surface area contributed by atoms with E-state index < -0.39 is 59.1 Å². The number of amides is 2. The highest BCUT2D eigenvalue weighted by atomic mass is 16.7. The molecule has 3 N–H and O–H groups in total. The number of aliphatic carboxylic acids is 1. The lowest BCUT2D eigenvalue weighted by Crippen LogP contribution is -2.44. The van der Waals surface area contributed by atoms with Crippen LogP contribution >= 0.6 is 0 Å². The van der Waals surface area contributed by atoms with Crippen molar-refractivity contribution in [2.45, 2.75) is 58.1 Å². The number of esters is 1. The number of anilines is 1. The largest absolute Gasteiger partial charge is 0.503 e. The van der Waals surface area contributed by atoms with Crippen molar-refractivity contribution in [1.29, 1.82) is 0 Å². The molecule has 0 spiro atoms. The zero-order chi connectivity index (χ0) is 38.1. The van der Waals surface area contributed by atoms with Gasteiger partial charge in [-0.2, -0.15) is 0 Å². The molecule has 276 valence electrons. The molecule has 0 saturated heterocycles. The van der Waals surface area contributed by atoms with Gasteiger partial charge in [0.15, 0.2) is 23.0 Å². The Morgan fingerprint density at radius 1 is 0.906 bits per heavy atom. The van der Waals surface area contributed by atoms with Gasteiger partial charge in [0.2, 0.25) is 6.79 Å². The third-order valence-electron chi connectivity index (χ3n) is 8.37. The summed E-state index contributed by atoms with van der Waals surface area (Å²) in [5.41, 5.74) is 0.472. The van der Waals surface area contributed by atoms with Crippen molar-refractivity contribution in [2.75, 3.05) is 18.7 Å². The van der Waals surface area contributed by atoms with Gasteiger partial charge in [0.05, 0.1) is 12.0 Å². The van der Waals surface area contributed by atoms with Crippen molar-refractivity contribution >= 4 is 35.5 Å². The van der Waals surface area contributed by atoms with Crippen LogP contribution in [-0.4, -0.2) is 63.8 Å². The summed E-state index contributed by atoms with van der Waals surface area (Å²) in [5.74, 6) is -4.00. The van der Waals surface area contributed by atoms with E-state index in [4.69, 9.17) is 18.6 Å². The van der Waals surface area contributed by atoms with Gasteiger partial charge in [0.1, 0.15) is 11.4 Å². The molecule has 12 nitrogen and oxygen atoms in total. The van der Waals surface area contributed by atoms with Gasteiger partial charge >= 0.3 is 11.9 Å². The number of aliphatic hydroxyl groups is 1. The fourth-order valence-corrected chi connectivity index (χ4v) is 5.78. The van der Waals surface area contributed by atoms with Gasteiger partial charge in [0.25, 0.3) is 11.8 Å². The summed E-state index contributed by atoms with van der Waals surface area (Å²) in [7, 11) is 0. The van der Waals surface area contributed by atoms with E-state index in [0.717, 1.165) is 11.1 Å². The number of hydrogen-bond acceptors (Lipinski definition) is 9. The molecule has 0 radical (unpaired) electrons. The quantitative estimate of drug-likeness (QED) is 0.0692. The maximum absolute atomic E-state index is 14.3. The number of nitrogens with zero attached hydrogens (tertiary/aromatic N) is 1. The molecule has 5 rings (SSSR count). The first-order chi connectivity index (χ1) is 25.3. The van der Waals surface area contributed by atoms with Crippen LogP contribution < -0.4 is 14.8 Å². The first-order valence-corrected chi connectivity index (χ1v) is 17.0. The summed E-state index contributed by atoms with van der Waals surface area (Å²) in [6, 6.07) is 26.2.